The molecular formula is C20H21F2N7O4. The number of carbonyl (C=O) groups excluding carboxylic acids is 1. The average Bonchev–Trinajstić information content (AvgIpc) is 3.34. The maximum absolute atomic E-state index is 14.2. The lowest BCUT2D eigenvalue weighted by Crippen LogP contribution is -2.32. The Morgan fingerprint density at radius 3 is 2.88 bits per heavy atom. The standard InChI is InChI=1S/C20H21F2N7O4/c1-23-17-5-16(25-13-2-9(21)3-15-18(13)32-8-10(7-30)33-15)28-19-14(6-24-29(17)19)27-20(31)26-12-4-11(12)22/h2-3,5-6,10-12,23,30H,4,7-8H2,1H3,(H,25,28)(H2,26,27,31)/t10-,11-,12+/m0/s1. The Morgan fingerprint density at radius 2 is 2.15 bits per heavy atom. The minimum absolute atomic E-state index is 0.102. The number of hydrogen-bond acceptors (Lipinski definition) is 8. The van der Waals surface area contributed by atoms with Crippen LogP contribution < -0.4 is 30.7 Å². The number of carbonyl (C=O) groups is 1. The second-order valence-electron chi connectivity index (χ2n) is 7.67. The summed E-state index contributed by atoms with van der Waals surface area (Å²) in [6.45, 7) is -0.162. The Bertz CT molecular complexity index is 1220. The lowest BCUT2D eigenvalue weighted by molar-refractivity contribution is 0.0458. The summed E-state index contributed by atoms with van der Waals surface area (Å²) in [5, 5.41) is 24.7. The van der Waals surface area contributed by atoms with Crippen molar-refractivity contribution >= 4 is 34.7 Å². The van der Waals surface area contributed by atoms with Gasteiger partial charge in [-0.3, -0.25) is 0 Å². The van der Waals surface area contributed by atoms with Crippen LogP contribution in [0.2, 0.25) is 0 Å². The third-order valence-electron chi connectivity index (χ3n) is 5.20. The SMILES string of the molecule is CNc1cc(Nc2cc(F)cc3c2OC[C@H](CO)O3)nc2c(NC(=O)N[C@@H]3C[C@@H]3F)cnn12. The van der Waals surface area contributed by atoms with Crippen LogP contribution >= 0.6 is 0 Å². The smallest absolute Gasteiger partial charge is 0.319 e. The van der Waals surface area contributed by atoms with Gasteiger partial charge in [-0.15, -0.1) is 0 Å². The van der Waals surface area contributed by atoms with E-state index in [2.05, 4.69) is 31.3 Å². The first-order valence-electron chi connectivity index (χ1n) is 10.2. The van der Waals surface area contributed by atoms with Crippen LogP contribution in [0.5, 0.6) is 11.5 Å². The van der Waals surface area contributed by atoms with Gasteiger partial charge in [-0.1, -0.05) is 0 Å². The number of nitrogens with zero attached hydrogens (tertiary/aromatic N) is 3. The number of halogens is 2. The average molecular weight is 461 g/mol. The molecule has 0 saturated heterocycles. The van der Waals surface area contributed by atoms with Crippen molar-refractivity contribution in [2.45, 2.75) is 24.7 Å². The molecular weight excluding hydrogens is 440 g/mol. The van der Waals surface area contributed by atoms with Crippen LogP contribution in [0.1, 0.15) is 6.42 Å². The molecule has 2 amide bonds. The van der Waals surface area contributed by atoms with Gasteiger partial charge in [-0.05, 0) is 0 Å². The van der Waals surface area contributed by atoms with E-state index in [-0.39, 0.29) is 30.4 Å². The highest BCUT2D eigenvalue weighted by Gasteiger charge is 2.38. The number of rotatable bonds is 6. The summed E-state index contributed by atoms with van der Waals surface area (Å²) in [7, 11) is 1.69. The van der Waals surface area contributed by atoms with Crippen molar-refractivity contribution in [3.8, 4) is 11.5 Å². The van der Waals surface area contributed by atoms with E-state index in [0.717, 1.165) is 0 Å². The van der Waals surface area contributed by atoms with Crippen LogP contribution in [-0.4, -0.2) is 64.3 Å². The number of aliphatic hydroxyl groups excluding tert-OH is 1. The minimum atomic E-state index is -1.03. The van der Waals surface area contributed by atoms with Gasteiger partial charge in [0.15, 0.2) is 23.3 Å². The van der Waals surface area contributed by atoms with Gasteiger partial charge in [0.1, 0.15) is 35.9 Å². The predicted octanol–water partition coefficient (Wildman–Crippen LogP) is 2.02. The third-order valence-corrected chi connectivity index (χ3v) is 5.20. The molecule has 5 rings (SSSR count). The molecule has 11 nitrogen and oxygen atoms in total. The van der Waals surface area contributed by atoms with Gasteiger partial charge in [0.05, 0.1) is 24.5 Å². The van der Waals surface area contributed by atoms with Crippen LogP contribution in [0.4, 0.5) is 36.6 Å². The number of aliphatic hydroxyl groups is 1. The summed E-state index contributed by atoms with van der Waals surface area (Å²) < 4.78 is 40.0. The molecule has 0 radical (unpaired) electrons. The number of hydrogen-bond donors (Lipinski definition) is 5. The Labute approximate surface area is 186 Å². The van der Waals surface area contributed by atoms with Crippen LogP contribution in [0.3, 0.4) is 0 Å². The molecule has 0 unspecified atom stereocenters. The van der Waals surface area contributed by atoms with E-state index in [9.17, 15) is 18.7 Å². The molecule has 3 heterocycles. The van der Waals surface area contributed by atoms with E-state index >= 15 is 0 Å². The first-order valence-corrected chi connectivity index (χ1v) is 10.2. The zero-order valence-corrected chi connectivity index (χ0v) is 17.4. The fourth-order valence-electron chi connectivity index (χ4n) is 3.45. The summed E-state index contributed by atoms with van der Waals surface area (Å²) in [4.78, 5) is 16.6. The number of nitrogens with one attached hydrogen (secondary N) is 4. The highest BCUT2D eigenvalue weighted by molar-refractivity contribution is 5.93. The molecule has 3 atom stereocenters. The number of benzene rings is 1. The minimum Gasteiger partial charge on any atom is -0.484 e. The topological polar surface area (TPSA) is 134 Å². The predicted molar refractivity (Wildman–Crippen MR) is 115 cm³/mol. The second kappa shape index (κ2) is 8.24. The Morgan fingerprint density at radius 1 is 1.33 bits per heavy atom. The fraction of sp³-hybridized carbons (Fsp3) is 0.350. The van der Waals surface area contributed by atoms with E-state index < -0.39 is 30.2 Å². The molecule has 1 saturated carbocycles. The number of aromatic nitrogens is 3. The molecule has 2 aromatic heterocycles. The van der Waals surface area contributed by atoms with Crippen LogP contribution in [0.15, 0.2) is 24.4 Å². The van der Waals surface area contributed by atoms with Gasteiger partial charge < -0.3 is 35.8 Å². The summed E-state index contributed by atoms with van der Waals surface area (Å²) >= 11 is 0. The summed E-state index contributed by atoms with van der Waals surface area (Å²) in [6.07, 6.45) is 0.0942. The Balaban J connectivity index is 1.45. The van der Waals surface area contributed by atoms with Gasteiger partial charge in [0.2, 0.25) is 0 Å². The maximum atomic E-state index is 14.2. The molecule has 33 heavy (non-hydrogen) atoms. The van der Waals surface area contributed by atoms with Crippen LogP contribution in [-0.2, 0) is 0 Å². The number of ether oxygens (including phenoxy) is 2. The van der Waals surface area contributed by atoms with E-state index in [0.29, 0.717) is 29.4 Å². The first kappa shape index (κ1) is 21.0. The normalized spacial score (nSPS) is 20.9. The molecule has 3 aromatic rings. The third kappa shape index (κ3) is 4.14. The van der Waals surface area contributed by atoms with E-state index in [4.69, 9.17) is 9.47 Å². The number of alkyl halides is 1. The Hall–Kier alpha value is -3.87. The molecule has 0 spiro atoms. The largest absolute Gasteiger partial charge is 0.484 e. The van der Waals surface area contributed by atoms with E-state index in [1.165, 1.54) is 22.8 Å². The molecule has 13 heteroatoms. The van der Waals surface area contributed by atoms with Crippen molar-refractivity contribution in [2.24, 2.45) is 0 Å². The van der Waals surface area contributed by atoms with Crippen molar-refractivity contribution in [1.29, 1.82) is 0 Å². The van der Waals surface area contributed by atoms with Crippen molar-refractivity contribution in [1.82, 2.24) is 19.9 Å². The summed E-state index contributed by atoms with van der Waals surface area (Å²) in [6, 6.07) is 3.00. The zero-order valence-electron chi connectivity index (χ0n) is 17.4. The monoisotopic (exact) mass is 461 g/mol. The van der Waals surface area contributed by atoms with Crippen molar-refractivity contribution in [3.05, 3.63) is 30.2 Å². The summed E-state index contributed by atoms with van der Waals surface area (Å²) in [5.74, 6) is 0.716. The van der Waals surface area contributed by atoms with Gasteiger partial charge in [-0.2, -0.15) is 9.61 Å². The van der Waals surface area contributed by atoms with Gasteiger partial charge in [0.25, 0.3) is 0 Å². The molecule has 0 bridgehead atoms. The number of anilines is 4. The zero-order chi connectivity index (χ0) is 23.1. The quantitative estimate of drug-likeness (QED) is 0.377. The lowest BCUT2D eigenvalue weighted by atomic mass is 10.2. The lowest BCUT2D eigenvalue weighted by Gasteiger charge is -2.27. The molecule has 174 valence electrons. The van der Waals surface area contributed by atoms with Gasteiger partial charge in [0, 0.05) is 31.7 Å². The molecule has 1 aromatic carbocycles. The first-order chi connectivity index (χ1) is 15.9. The Kier molecular flexibility index (Phi) is 5.24. The number of fused-ring (bicyclic) bond motifs is 2. The maximum Gasteiger partial charge on any atom is 0.319 e. The van der Waals surface area contributed by atoms with Crippen LogP contribution in [0, 0.1) is 5.82 Å². The molecule has 5 N–H and O–H groups in total. The second-order valence-corrected chi connectivity index (χ2v) is 7.67. The van der Waals surface area contributed by atoms with Crippen LogP contribution in [0.25, 0.3) is 5.65 Å². The van der Waals surface area contributed by atoms with E-state index in [1.807, 2.05) is 0 Å². The molecule has 1 aliphatic heterocycles. The fourth-order valence-corrected chi connectivity index (χ4v) is 3.45. The van der Waals surface area contributed by atoms with Gasteiger partial charge >= 0.3 is 6.03 Å². The van der Waals surface area contributed by atoms with Crippen molar-refractivity contribution in [3.63, 3.8) is 0 Å². The van der Waals surface area contributed by atoms with Crippen molar-refractivity contribution in [2.75, 3.05) is 36.2 Å². The number of urea groups is 1. The highest BCUT2D eigenvalue weighted by Crippen LogP contribution is 2.41. The molecule has 1 aliphatic carbocycles. The van der Waals surface area contributed by atoms with E-state index in [1.54, 1.807) is 13.1 Å². The molecule has 1 fully saturated rings. The number of amides is 2. The summed E-state index contributed by atoms with van der Waals surface area (Å²) in [5.41, 5.74) is 0.875. The molecule has 2 aliphatic rings. The van der Waals surface area contributed by atoms with Crippen molar-refractivity contribution < 1.29 is 28.2 Å². The van der Waals surface area contributed by atoms with Gasteiger partial charge in [-0.25, -0.2) is 18.6 Å². The highest BCUT2D eigenvalue weighted by atomic mass is 19.1.